The molecule has 0 aliphatic carbocycles. The minimum atomic E-state index is -0.604. The molecule has 1 aromatic carbocycles. The lowest BCUT2D eigenvalue weighted by Crippen LogP contribution is -2.38. The molecule has 2 aromatic rings. The normalized spacial score (nSPS) is 12.2. The number of amides is 1. The standard InChI is InChI=1S/C19H25N3O4/c1-6-22-16-8-7-14(9-15(16)20-13(5)18(22)24)19(25)26-10-17(23)21-12(4)11(2)3/h7-9,11-12H,6,10H2,1-5H3,(H,21,23)/t12-/m0/s1. The van der Waals surface area contributed by atoms with Gasteiger partial charge < -0.3 is 14.6 Å². The van der Waals surface area contributed by atoms with Crippen molar-refractivity contribution in [3.8, 4) is 0 Å². The van der Waals surface area contributed by atoms with E-state index in [-0.39, 0.29) is 29.7 Å². The first-order valence-corrected chi connectivity index (χ1v) is 8.72. The molecule has 26 heavy (non-hydrogen) atoms. The maximum absolute atomic E-state index is 12.2. The molecule has 0 aliphatic rings. The summed E-state index contributed by atoms with van der Waals surface area (Å²) in [5.74, 6) is -0.650. The van der Waals surface area contributed by atoms with Gasteiger partial charge in [0, 0.05) is 12.6 Å². The molecular weight excluding hydrogens is 334 g/mol. The van der Waals surface area contributed by atoms with Crippen molar-refractivity contribution in [2.75, 3.05) is 6.61 Å². The van der Waals surface area contributed by atoms with Crippen LogP contribution in [0.25, 0.3) is 11.0 Å². The van der Waals surface area contributed by atoms with Gasteiger partial charge in [-0.05, 0) is 44.9 Å². The average molecular weight is 359 g/mol. The van der Waals surface area contributed by atoms with Crippen LogP contribution in [0.5, 0.6) is 0 Å². The highest BCUT2D eigenvalue weighted by Crippen LogP contribution is 2.14. The zero-order chi connectivity index (χ0) is 19.4. The molecule has 7 heteroatoms. The number of rotatable bonds is 6. The first-order valence-electron chi connectivity index (χ1n) is 8.72. The molecule has 1 heterocycles. The van der Waals surface area contributed by atoms with E-state index in [1.54, 1.807) is 29.7 Å². The third-order valence-electron chi connectivity index (χ3n) is 4.38. The zero-order valence-corrected chi connectivity index (χ0v) is 15.8. The number of esters is 1. The van der Waals surface area contributed by atoms with E-state index >= 15 is 0 Å². The van der Waals surface area contributed by atoms with Crippen molar-refractivity contribution in [1.29, 1.82) is 0 Å². The van der Waals surface area contributed by atoms with E-state index in [0.717, 1.165) is 0 Å². The second-order valence-corrected chi connectivity index (χ2v) is 6.63. The number of aryl methyl sites for hydroxylation is 2. The summed E-state index contributed by atoms with van der Waals surface area (Å²) < 4.78 is 6.69. The average Bonchev–Trinajstić information content (AvgIpc) is 2.60. The molecule has 0 saturated heterocycles. The molecule has 1 N–H and O–H groups in total. The SMILES string of the molecule is CCn1c(=O)c(C)nc2cc(C(=O)OCC(=O)N[C@@H](C)C(C)C)ccc21. The fraction of sp³-hybridized carbons (Fsp3) is 0.474. The minimum absolute atomic E-state index is 0.000164. The molecule has 0 radical (unpaired) electrons. The van der Waals surface area contributed by atoms with E-state index < -0.39 is 5.97 Å². The van der Waals surface area contributed by atoms with Gasteiger partial charge in [-0.2, -0.15) is 0 Å². The Kier molecular flexibility index (Phi) is 6.13. The van der Waals surface area contributed by atoms with E-state index in [2.05, 4.69) is 10.3 Å². The van der Waals surface area contributed by atoms with Crippen LogP contribution in [-0.2, 0) is 16.1 Å². The summed E-state index contributed by atoms with van der Waals surface area (Å²) in [6, 6.07) is 4.82. The van der Waals surface area contributed by atoms with E-state index in [0.29, 0.717) is 29.2 Å². The van der Waals surface area contributed by atoms with Crippen molar-refractivity contribution < 1.29 is 14.3 Å². The molecule has 0 bridgehead atoms. The van der Waals surface area contributed by atoms with Crippen LogP contribution in [0, 0.1) is 12.8 Å². The molecule has 1 aromatic heterocycles. The molecule has 1 atom stereocenters. The van der Waals surface area contributed by atoms with Crippen LogP contribution in [0.1, 0.15) is 43.7 Å². The second-order valence-electron chi connectivity index (χ2n) is 6.63. The van der Waals surface area contributed by atoms with Gasteiger partial charge in [-0.15, -0.1) is 0 Å². The summed E-state index contributed by atoms with van der Waals surface area (Å²) >= 11 is 0. The quantitative estimate of drug-likeness (QED) is 0.797. The number of hydrogen-bond donors (Lipinski definition) is 1. The van der Waals surface area contributed by atoms with Crippen molar-refractivity contribution in [3.63, 3.8) is 0 Å². The highest BCUT2D eigenvalue weighted by Gasteiger charge is 2.15. The first kappa shape index (κ1) is 19.6. The van der Waals surface area contributed by atoms with Gasteiger partial charge in [-0.3, -0.25) is 9.59 Å². The van der Waals surface area contributed by atoms with Crippen molar-refractivity contribution in [2.24, 2.45) is 5.92 Å². The number of benzene rings is 1. The first-order chi connectivity index (χ1) is 12.2. The third kappa shape index (κ3) is 4.28. The van der Waals surface area contributed by atoms with Crippen LogP contribution < -0.4 is 10.9 Å². The topological polar surface area (TPSA) is 90.3 Å². The van der Waals surface area contributed by atoms with Gasteiger partial charge in [-0.1, -0.05) is 13.8 Å². The monoisotopic (exact) mass is 359 g/mol. The highest BCUT2D eigenvalue weighted by molar-refractivity contribution is 5.94. The Labute approximate surface area is 152 Å². The molecule has 7 nitrogen and oxygen atoms in total. The maximum Gasteiger partial charge on any atom is 0.338 e. The predicted octanol–water partition coefficient (Wildman–Crippen LogP) is 2.04. The molecule has 1 amide bonds. The zero-order valence-electron chi connectivity index (χ0n) is 15.8. The smallest absolute Gasteiger partial charge is 0.338 e. The Bertz CT molecular complexity index is 886. The Morgan fingerprint density at radius 1 is 1.27 bits per heavy atom. The van der Waals surface area contributed by atoms with E-state index in [1.165, 1.54) is 0 Å². The Balaban J connectivity index is 2.15. The molecule has 0 fully saturated rings. The number of nitrogens with zero attached hydrogens (tertiary/aromatic N) is 2. The predicted molar refractivity (Wildman–Crippen MR) is 99.1 cm³/mol. The van der Waals surface area contributed by atoms with Gasteiger partial charge in [0.15, 0.2) is 6.61 Å². The Hall–Kier alpha value is -2.70. The lowest BCUT2D eigenvalue weighted by atomic mass is 10.1. The molecule has 0 unspecified atom stereocenters. The molecule has 0 saturated carbocycles. The molecule has 0 aliphatic heterocycles. The summed E-state index contributed by atoms with van der Waals surface area (Å²) in [5.41, 5.74) is 1.70. The summed E-state index contributed by atoms with van der Waals surface area (Å²) in [4.78, 5) is 40.4. The van der Waals surface area contributed by atoms with E-state index in [4.69, 9.17) is 4.74 Å². The van der Waals surface area contributed by atoms with Crippen LogP contribution in [0.2, 0.25) is 0 Å². The van der Waals surface area contributed by atoms with Gasteiger partial charge >= 0.3 is 5.97 Å². The van der Waals surface area contributed by atoms with Crippen molar-refractivity contribution in [1.82, 2.24) is 14.9 Å². The van der Waals surface area contributed by atoms with Crippen LogP contribution in [0.4, 0.5) is 0 Å². The molecule has 0 spiro atoms. The van der Waals surface area contributed by atoms with E-state index in [9.17, 15) is 14.4 Å². The summed E-state index contributed by atoms with van der Waals surface area (Å²) in [5, 5.41) is 2.78. The summed E-state index contributed by atoms with van der Waals surface area (Å²) in [6.45, 7) is 9.58. The maximum atomic E-state index is 12.2. The van der Waals surface area contributed by atoms with Gasteiger partial charge in [0.05, 0.1) is 16.6 Å². The fourth-order valence-corrected chi connectivity index (χ4v) is 2.49. The number of carbonyl (C=O) groups excluding carboxylic acids is 2. The lowest BCUT2D eigenvalue weighted by Gasteiger charge is -2.17. The Morgan fingerprint density at radius 2 is 1.96 bits per heavy atom. The fourth-order valence-electron chi connectivity index (χ4n) is 2.49. The van der Waals surface area contributed by atoms with E-state index in [1.807, 2.05) is 27.7 Å². The van der Waals surface area contributed by atoms with Gasteiger partial charge in [0.1, 0.15) is 5.69 Å². The largest absolute Gasteiger partial charge is 0.452 e. The second kappa shape index (κ2) is 8.12. The van der Waals surface area contributed by atoms with Crippen LogP contribution in [0.15, 0.2) is 23.0 Å². The number of carbonyl (C=O) groups is 2. The number of fused-ring (bicyclic) bond motifs is 1. The lowest BCUT2D eigenvalue weighted by molar-refractivity contribution is -0.125. The van der Waals surface area contributed by atoms with Crippen LogP contribution in [0.3, 0.4) is 0 Å². The number of nitrogens with one attached hydrogen (secondary N) is 1. The third-order valence-corrected chi connectivity index (χ3v) is 4.38. The van der Waals surface area contributed by atoms with Crippen molar-refractivity contribution in [2.45, 2.75) is 47.2 Å². The van der Waals surface area contributed by atoms with Gasteiger partial charge in [0.25, 0.3) is 11.5 Å². The molecule has 2 rings (SSSR count). The minimum Gasteiger partial charge on any atom is -0.452 e. The number of ether oxygens (including phenoxy) is 1. The summed E-state index contributed by atoms with van der Waals surface area (Å²) in [6.07, 6.45) is 0. The van der Waals surface area contributed by atoms with Gasteiger partial charge in [-0.25, -0.2) is 9.78 Å². The molecule has 140 valence electrons. The van der Waals surface area contributed by atoms with Crippen LogP contribution >= 0.6 is 0 Å². The van der Waals surface area contributed by atoms with Crippen molar-refractivity contribution >= 4 is 22.9 Å². The Morgan fingerprint density at radius 3 is 2.58 bits per heavy atom. The number of hydrogen-bond acceptors (Lipinski definition) is 5. The summed E-state index contributed by atoms with van der Waals surface area (Å²) in [7, 11) is 0. The molecular formula is C19H25N3O4. The number of aromatic nitrogens is 2. The van der Waals surface area contributed by atoms with Crippen molar-refractivity contribution in [3.05, 3.63) is 39.8 Å². The van der Waals surface area contributed by atoms with Gasteiger partial charge in [0.2, 0.25) is 0 Å². The van der Waals surface area contributed by atoms with Crippen LogP contribution in [-0.4, -0.2) is 34.1 Å². The highest BCUT2D eigenvalue weighted by atomic mass is 16.5.